The minimum Gasteiger partial charge on any atom is -0.338 e. The summed E-state index contributed by atoms with van der Waals surface area (Å²) in [5.74, 6) is 0.663. The first-order valence-electron chi connectivity index (χ1n) is 11.9. The van der Waals surface area contributed by atoms with Gasteiger partial charge in [-0.3, -0.25) is 14.2 Å². The van der Waals surface area contributed by atoms with E-state index < -0.39 is 0 Å². The Kier molecular flexibility index (Phi) is 4.48. The number of benzene rings is 2. The molecule has 1 aliphatic carbocycles. The third-order valence-corrected chi connectivity index (χ3v) is 7.74. The second-order valence-corrected chi connectivity index (χ2v) is 9.87. The van der Waals surface area contributed by atoms with Crippen LogP contribution in [-0.4, -0.2) is 43.2 Å². The average Bonchev–Trinajstić information content (AvgIpc) is 3.54. The molecule has 1 amide bonds. The van der Waals surface area contributed by atoms with Gasteiger partial charge in [-0.2, -0.15) is 0 Å². The van der Waals surface area contributed by atoms with Crippen molar-refractivity contribution >= 4 is 34.2 Å². The van der Waals surface area contributed by atoms with E-state index >= 15 is 0 Å². The average molecular weight is 480 g/mol. The van der Waals surface area contributed by atoms with E-state index in [1.807, 2.05) is 47.8 Å². The van der Waals surface area contributed by atoms with Gasteiger partial charge in [-0.15, -0.1) is 0 Å². The first kappa shape index (κ1) is 20.6. The monoisotopic (exact) mass is 479 g/mol. The van der Waals surface area contributed by atoms with Gasteiger partial charge < -0.3 is 4.90 Å². The zero-order valence-electron chi connectivity index (χ0n) is 19.0. The minimum absolute atomic E-state index is 0.00218. The second-order valence-electron chi connectivity index (χ2n) is 9.46. The number of aromatic nitrogens is 4. The van der Waals surface area contributed by atoms with E-state index in [-0.39, 0.29) is 11.3 Å². The highest BCUT2D eigenvalue weighted by molar-refractivity contribution is 6.34. The molecule has 0 N–H and O–H groups in total. The summed E-state index contributed by atoms with van der Waals surface area (Å²) >= 11 is 6.55. The second kappa shape index (κ2) is 7.62. The van der Waals surface area contributed by atoms with Crippen LogP contribution in [0.2, 0.25) is 5.02 Å². The fourth-order valence-corrected chi connectivity index (χ4v) is 5.47. The van der Waals surface area contributed by atoms with Crippen LogP contribution in [-0.2, 0) is 5.41 Å². The number of hydrogen-bond acceptors (Lipinski definition) is 4. The van der Waals surface area contributed by atoms with Crippen LogP contribution >= 0.6 is 11.6 Å². The third-order valence-electron chi connectivity index (χ3n) is 7.43. The Morgan fingerprint density at radius 3 is 2.54 bits per heavy atom. The summed E-state index contributed by atoms with van der Waals surface area (Å²) in [5.41, 5.74) is 5.66. The van der Waals surface area contributed by atoms with Gasteiger partial charge in [0, 0.05) is 48.0 Å². The smallest absolute Gasteiger partial charge is 0.255 e. The molecule has 0 spiro atoms. The molecule has 0 radical (unpaired) electrons. The number of imidazole rings is 1. The van der Waals surface area contributed by atoms with Crippen LogP contribution in [0.3, 0.4) is 0 Å². The number of halogens is 1. The van der Waals surface area contributed by atoms with Crippen molar-refractivity contribution in [3.8, 4) is 11.1 Å². The van der Waals surface area contributed by atoms with Crippen LogP contribution in [0.5, 0.6) is 0 Å². The van der Waals surface area contributed by atoms with E-state index in [0.717, 1.165) is 60.1 Å². The number of carbonyl (C=O) groups is 1. The highest BCUT2D eigenvalue weighted by atomic mass is 35.5. The summed E-state index contributed by atoms with van der Waals surface area (Å²) in [7, 11) is 0. The highest BCUT2D eigenvalue weighted by Gasteiger charge is 2.49. The molecule has 1 aliphatic heterocycles. The third kappa shape index (κ3) is 3.17. The summed E-state index contributed by atoms with van der Waals surface area (Å²) < 4.78 is 2.09. The number of likely N-dealkylation sites (tertiary alicyclic amines) is 1. The van der Waals surface area contributed by atoms with Gasteiger partial charge in [0.25, 0.3) is 5.91 Å². The van der Waals surface area contributed by atoms with Crippen LogP contribution in [0.4, 0.5) is 0 Å². The van der Waals surface area contributed by atoms with E-state index in [2.05, 4.69) is 44.8 Å². The van der Waals surface area contributed by atoms with Crippen molar-refractivity contribution in [1.82, 2.24) is 24.3 Å². The molecule has 7 heteroatoms. The predicted octanol–water partition coefficient (Wildman–Crippen LogP) is 5.52. The van der Waals surface area contributed by atoms with Crippen LogP contribution in [0.25, 0.3) is 27.8 Å². The Labute approximate surface area is 207 Å². The van der Waals surface area contributed by atoms with Gasteiger partial charge in [-0.05, 0) is 48.6 Å². The summed E-state index contributed by atoms with van der Waals surface area (Å²) in [6.07, 6.45) is 10.8. The molecule has 3 aromatic heterocycles. The molecule has 0 unspecified atom stereocenters. The van der Waals surface area contributed by atoms with Gasteiger partial charge in [0.15, 0.2) is 0 Å². The Bertz CT molecular complexity index is 1630. The van der Waals surface area contributed by atoms with Crippen molar-refractivity contribution in [2.24, 2.45) is 0 Å². The van der Waals surface area contributed by atoms with E-state index in [0.29, 0.717) is 16.4 Å². The Hall–Kier alpha value is -3.77. The molecular weight excluding hydrogens is 458 g/mol. The number of rotatable bonds is 4. The summed E-state index contributed by atoms with van der Waals surface area (Å²) in [6, 6.07) is 16.1. The lowest BCUT2D eigenvalue weighted by Gasteiger charge is -2.31. The van der Waals surface area contributed by atoms with Crippen molar-refractivity contribution < 1.29 is 4.79 Å². The number of hydrogen-bond donors (Lipinski definition) is 0. The first-order valence-corrected chi connectivity index (χ1v) is 12.3. The molecule has 4 heterocycles. The standard InChI is InChI=1S/C28H22ClN5O/c29-23-14-19(7-8-21(23)26(35)33-12-3-13-33)20-15-31-27-32-16-24(34(27)17-20)28(9-10-28)22-6-1-4-18-5-2-11-30-25(18)22/h1-2,4-8,11,14-17H,3,9-10,12-13H2. The zero-order valence-corrected chi connectivity index (χ0v) is 19.7. The van der Waals surface area contributed by atoms with Crippen LogP contribution in [0.1, 0.15) is 40.9 Å². The van der Waals surface area contributed by atoms with Crippen molar-refractivity contribution in [2.75, 3.05) is 13.1 Å². The summed E-state index contributed by atoms with van der Waals surface area (Å²) in [4.78, 5) is 28.4. The van der Waals surface area contributed by atoms with E-state index in [9.17, 15) is 4.79 Å². The van der Waals surface area contributed by atoms with Crippen molar-refractivity contribution in [2.45, 2.75) is 24.7 Å². The van der Waals surface area contributed by atoms with Gasteiger partial charge in [0.2, 0.25) is 5.78 Å². The lowest BCUT2D eigenvalue weighted by Crippen LogP contribution is -2.42. The summed E-state index contributed by atoms with van der Waals surface area (Å²) in [5, 5.41) is 1.61. The first-order chi connectivity index (χ1) is 17.1. The number of fused-ring (bicyclic) bond motifs is 2. The molecule has 7 rings (SSSR count). The zero-order chi connectivity index (χ0) is 23.6. The fourth-order valence-electron chi connectivity index (χ4n) is 5.21. The van der Waals surface area contributed by atoms with Crippen molar-refractivity contribution in [3.05, 3.63) is 95.2 Å². The molecule has 5 aromatic rings. The van der Waals surface area contributed by atoms with Gasteiger partial charge in [0.1, 0.15) is 0 Å². The molecule has 6 nitrogen and oxygen atoms in total. The maximum Gasteiger partial charge on any atom is 0.255 e. The molecular formula is C28H22ClN5O. The number of amides is 1. The van der Waals surface area contributed by atoms with Crippen LogP contribution < -0.4 is 0 Å². The van der Waals surface area contributed by atoms with E-state index in [1.54, 1.807) is 0 Å². The molecule has 2 aromatic carbocycles. The highest BCUT2D eigenvalue weighted by Crippen LogP contribution is 2.54. The molecule has 0 bridgehead atoms. The maximum absolute atomic E-state index is 12.6. The molecule has 2 aliphatic rings. The number of nitrogens with zero attached hydrogens (tertiary/aromatic N) is 5. The number of para-hydroxylation sites is 1. The molecule has 0 atom stereocenters. The minimum atomic E-state index is -0.126. The topological polar surface area (TPSA) is 63.4 Å². The van der Waals surface area contributed by atoms with Gasteiger partial charge in [-0.1, -0.05) is 41.9 Å². The lowest BCUT2D eigenvalue weighted by molar-refractivity contribution is 0.0652. The van der Waals surface area contributed by atoms with Gasteiger partial charge in [-0.25, -0.2) is 9.97 Å². The van der Waals surface area contributed by atoms with Crippen molar-refractivity contribution in [3.63, 3.8) is 0 Å². The van der Waals surface area contributed by atoms with E-state index in [4.69, 9.17) is 16.6 Å². The Morgan fingerprint density at radius 1 is 0.943 bits per heavy atom. The molecule has 35 heavy (non-hydrogen) atoms. The quantitative estimate of drug-likeness (QED) is 0.340. The number of carbonyl (C=O) groups excluding carboxylic acids is 1. The van der Waals surface area contributed by atoms with Crippen molar-refractivity contribution in [1.29, 1.82) is 0 Å². The van der Waals surface area contributed by atoms with Gasteiger partial charge >= 0.3 is 0 Å². The molecule has 172 valence electrons. The molecule has 2 fully saturated rings. The van der Waals surface area contributed by atoms with Crippen LogP contribution in [0.15, 0.2) is 73.3 Å². The number of pyridine rings is 1. The van der Waals surface area contributed by atoms with E-state index in [1.165, 1.54) is 5.56 Å². The fraction of sp³-hybridized carbons (Fsp3) is 0.214. The summed E-state index contributed by atoms with van der Waals surface area (Å²) in [6.45, 7) is 1.60. The Balaban J connectivity index is 1.31. The SMILES string of the molecule is O=C(c1ccc(-c2cnc3ncc(C4(c5cccc6cccnc56)CC4)n3c2)cc1Cl)N1CCC1. The lowest BCUT2D eigenvalue weighted by atomic mass is 9.90. The molecule has 1 saturated heterocycles. The molecule has 1 saturated carbocycles. The maximum atomic E-state index is 12.6. The van der Waals surface area contributed by atoms with Gasteiger partial charge in [0.05, 0.1) is 28.0 Å². The van der Waals surface area contributed by atoms with Crippen LogP contribution in [0, 0.1) is 0 Å². The normalized spacial score (nSPS) is 16.4. The Morgan fingerprint density at radius 2 is 1.77 bits per heavy atom. The predicted molar refractivity (Wildman–Crippen MR) is 136 cm³/mol. The largest absolute Gasteiger partial charge is 0.338 e.